The van der Waals surface area contributed by atoms with Gasteiger partial charge in [0.2, 0.25) is 0 Å². The Bertz CT molecular complexity index is 889. The van der Waals surface area contributed by atoms with Crippen molar-refractivity contribution in [2.75, 3.05) is 14.1 Å². The number of rotatable bonds is 4. The summed E-state index contributed by atoms with van der Waals surface area (Å²) in [5.41, 5.74) is 0.951. The summed E-state index contributed by atoms with van der Waals surface area (Å²) in [6, 6.07) is 4.94. The average molecular weight is 415 g/mol. The fraction of sp³-hybridized carbons (Fsp3) is 0.412. The van der Waals surface area contributed by atoms with Crippen molar-refractivity contribution >= 4 is 40.3 Å². The molecule has 1 heterocycles. The van der Waals surface area contributed by atoms with Gasteiger partial charge in [0.1, 0.15) is 17.2 Å². The Kier molecular flexibility index (Phi) is 6.06. The first-order chi connectivity index (χ1) is 12.4. The smallest absolute Gasteiger partial charge is 0.410 e. The van der Waals surface area contributed by atoms with Crippen molar-refractivity contribution in [2.45, 2.75) is 32.9 Å². The van der Waals surface area contributed by atoms with Crippen LogP contribution in [0.25, 0.3) is 6.08 Å². The molecule has 148 valence electrons. The zero-order valence-electron chi connectivity index (χ0n) is 15.9. The number of nitrogens with zero attached hydrogens (tertiary/aromatic N) is 3. The van der Waals surface area contributed by atoms with Crippen molar-refractivity contribution in [3.05, 3.63) is 34.5 Å². The third kappa shape index (κ3) is 5.86. The number of fused-ring (bicyclic) bond motifs is 1. The average Bonchev–Trinajstić information content (AvgIpc) is 2.50. The molecule has 2 rings (SSSR count). The van der Waals surface area contributed by atoms with Crippen LogP contribution < -0.4 is 10.1 Å². The molecule has 0 atom stereocenters. The van der Waals surface area contributed by atoms with Gasteiger partial charge in [0.05, 0.1) is 6.54 Å². The highest BCUT2D eigenvalue weighted by atomic mass is 35.5. The Morgan fingerprint density at radius 2 is 2.04 bits per heavy atom. The van der Waals surface area contributed by atoms with E-state index in [1.54, 1.807) is 32.3 Å². The summed E-state index contributed by atoms with van der Waals surface area (Å²) in [6.07, 6.45) is 2.12. The van der Waals surface area contributed by atoms with E-state index in [0.717, 1.165) is 9.87 Å². The summed E-state index contributed by atoms with van der Waals surface area (Å²) in [5, 5.41) is 2.73. The maximum atomic E-state index is 12.4. The third-order valence-electron chi connectivity index (χ3n) is 3.32. The predicted molar refractivity (Wildman–Crippen MR) is 106 cm³/mol. The van der Waals surface area contributed by atoms with Crippen LogP contribution in [0.4, 0.5) is 4.79 Å². The number of benzene rings is 1. The van der Waals surface area contributed by atoms with Gasteiger partial charge in [-0.25, -0.2) is 9.10 Å². The molecule has 0 unspecified atom stereocenters. The minimum atomic E-state index is -3.99. The van der Waals surface area contributed by atoms with E-state index >= 15 is 0 Å². The van der Waals surface area contributed by atoms with Gasteiger partial charge < -0.3 is 15.0 Å². The number of carbonyl (C=O) groups is 1. The monoisotopic (exact) mass is 414 g/mol. The lowest BCUT2D eigenvalue weighted by molar-refractivity contribution is 0.190. The quantitative estimate of drug-likeness (QED) is 0.464. The number of hydrogen-bond acceptors (Lipinski definition) is 4. The van der Waals surface area contributed by atoms with Crippen LogP contribution in [0.5, 0.6) is 5.75 Å². The van der Waals surface area contributed by atoms with Crippen molar-refractivity contribution in [2.24, 2.45) is 4.40 Å². The lowest BCUT2D eigenvalue weighted by Gasteiger charge is -2.26. The summed E-state index contributed by atoms with van der Waals surface area (Å²) in [4.78, 5) is 13.4. The second kappa shape index (κ2) is 7.77. The Morgan fingerprint density at radius 3 is 2.63 bits per heavy atom. The summed E-state index contributed by atoms with van der Waals surface area (Å²) >= 11 is 6.13. The molecular formula is C17H23ClN4O4S. The molecular weight excluding hydrogens is 392 g/mol. The van der Waals surface area contributed by atoms with E-state index in [-0.39, 0.29) is 11.7 Å². The van der Waals surface area contributed by atoms with Crippen LogP contribution in [0.3, 0.4) is 0 Å². The van der Waals surface area contributed by atoms with Crippen LogP contribution in [0.2, 0.25) is 0 Å². The van der Waals surface area contributed by atoms with Gasteiger partial charge in [-0.2, -0.15) is 8.42 Å². The van der Waals surface area contributed by atoms with E-state index in [1.165, 1.54) is 17.3 Å². The van der Waals surface area contributed by atoms with E-state index in [0.29, 0.717) is 11.3 Å². The second-order valence-corrected chi connectivity index (χ2v) is 9.20. The molecule has 8 nitrogen and oxygen atoms in total. The molecule has 0 saturated heterocycles. The van der Waals surface area contributed by atoms with Gasteiger partial charge in [-0.05, 0) is 50.1 Å². The zero-order chi connectivity index (χ0) is 20.4. The van der Waals surface area contributed by atoms with Gasteiger partial charge in [0, 0.05) is 19.6 Å². The first-order valence-electron chi connectivity index (χ1n) is 8.12. The molecule has 0 spiro atoms. The van der Waals surface area contributed by atoms with Crippen LogP contribution >= 0.6 is 11.6 Å². The lowest BCUT2D eigenvalue weighted by Crippen LogP contribution is -2.42. The fourth-order valence-corrected chi connectivity index (χ4v) is 3.63. The summed E-state index contributed by atoms with van der Waals surface area (Å²) in [7, 11) is -0.668. The van der Waals surface area contributed by atoms with Gasteiger partial charge in [-0.3, -0.25) is 0 Å². The van der Waals surface area contributed by atoms with Crippen molar-refractivity contribution in [1.29, 1.82) is 0 Å². The Morgan fingerprint density at radius 1 is 1.37 bits per heavy atom. The van der Waals surface area contributed by atoms with E-state index in [1.807, 2.05) is 20.8 Å². The predicted octanol–water partition coefficient (Wildman–Crippen LogP) is 2.76. The highest BCUT2D eigenvalue weighted by Gasteiger charge is 2.27. The van der Waals surface area contributed by atoms with Crippen LogP contribution in [-0.2, 0) is 16.8 Å². The van der Waals surface area contributed by atoms with E-state index in [4.69, 9.17) is 16.3 Å². The topological polar surface area (TPSA) is 91.3 Å². The minimum Gasteiger partial charge on any atom is -0.410 e. The number of nitrogens with one attached hydrogen (secondary N) is 1. The maximum Gasteiger partial charge on any atom is 0.413 e. The molecule has 1 aliphatic heterocycles. The zero-order valence-corrected chi connectivity index (χ0v) is 17.4. The number of ether oxygens (including phenoxy) is 1. The van der Waals surface area contributed by atoms with Crippen LogP contribution in [0.1, 0.15) is 31.9 Å². The highest BCUT2D eigenvalue weighted by molar-refractivity contribution is 7.88. The molecule has 0 fully saturated rings. The Labute approximate surface area is 164 Å². The van der Waals surface area contributed by atoms with Crippen LogP contribution in [0, 0.1) is 0 Å². The lowest BCUT2D eigenvalue weighted by atomic mass is 10.0. The normalized spacial score (nSPS) is 14.6. The van der Waals surface area contributed by atoms with Gasteiger partial charge in [0.15, 0.2) is 0 Å². The number of hydrogen-bond donors (Lipinski definition) is 1. The van der Waals surface area contributed by atoms with Crippen molar-refractivity contribution < 1.29 is 17.9 Å². The Hall–Kier alpha value is -2.26. The van der Waals surface area contributed by atoms with Gasteiger partial charge in [-0.1, -0.05) is 17.7 Å². The van der Waals surface area contributed by atoms with Gasteiger partial charge in [-0.15, -0.1) is 4.40 Å². The number of carbonyl (C=O) groups excluding carboxylic acids is 1. The molecule has 0 aliphatic carbocycles. The third-order valence-corrected chi connectivity index (χ3v) is 4.98. The summed E-state index contributed by atoms with van der Waals surface area (Å²) in [6.45, 7) is 5.50. The largest absolute Gasteiger partial charge is 0.413 e. The minimum absolute atomic E-state index is 0.0180. The molecule has 1 amide bonds. The van der Waals surface area contributed by atoms with Crippen molar-refractivity contribution in [1.82, 2.24) is 14.5 Å². The summed E-state index contributed by atoms with van der Waals surface area (Å²) < 4.78 is 34.7. The maximum absolute atomic E-state index is 12.4. The first kappa shape index (κ1) is 21.0. The molecule has 0 radical (unpaired) electrons. The van der Waals surface area contributed by atoms with Gasteiger partial charge >= 0.3 is 16.3 Å². The first-order valence-corrected chi connectivity index (χ1v) is 9.89. The molecule has 1 aromatic carbocycles. The number of halogens is 1. The number of amides is 1. The Balaban J connectivity index is 2.24. The van der Waals surface area contributed by atoms with Crippen LogP contribution in [0.15, 0.2) is 27.8 Å². The van der Waals surface area contributed by atoms with Crippen molar-refractivity contribution in [3.8, 4) is 5.75 Å². The molecule has 1 aliphatic rings. The highest BCUT2D eigenvalue weighted by Crippen LogP contribution is 2.32. The van der Waals surface area contributed by atoms with E-state index in [2.05, 4.69) is 9.71 Å². The summed E-state index contributed by atoms with van der Waals surface area (Å²) in [5.74, 6) is 0.302. The molecule has 1 aromatic rings. The SMILES string of the molecule is CN(C)C=NS(=O)(=O)N1Cc2cc(OC(=O)NC(C)(C)C)ccc2C=C1Cl. The van der Waals surface area contributed by atoms with E-state index < -0.39 is 21.8 Å². The standard InChI is InChI=1S/C17H23ClN4O4S/c1-17(2,3)20-16(23)26-14-7-6-12-9-15(18)22(10-13(12)8-14)27(24,25)19-11-21(4)5/h6-9,11H,10H2,1-5H3,(H,20,23). The molecule has 0 saturated carbocycles. The van der Waals surface area contributed by atoms with Crippen molar-refractivity contribution in [3.63, 3.8) is 0 Å². The second-order valence-electron chi connectivity index (χ2n) is 7.26. The molecule has 1 N–H and O–H groups in total. The fourth-order valence-electron chi connectivity index (χ4n) is 2.20. The molecule has 10 heteroatoms. The van der Waals surface area contributed by atoms with Gasteiger partial charge in [0.25, 0.3) is 0 Å². The van der Waals surface area contributed by atoms with Crippen LogP contribution in [-0.4, -0.2) is 49.7 Å². The van der Waals surface area contributed by atoms with E-state index in [9.17, 15) is 13.2 Å². The molecule has 0 aromatic heterocycles. The molecule has 27 heavy (non-hydrogen) atoms. The molecule has 0 bridgehead atoms.